The molecule has 4 rings (SSSR count). The number of rotatable bonds is 5. The third-order valence-electron chi connectivity index (χ3n) is 6.18. The average molecular weight is 356 g/mol. The molecule has 3 atom stereocenters. The summed E-state index contributed by atoms with van der Waals surface area (Å²) in [5.41, 5.74) is 1.90. The minimum atomic E-state index is -0.816. The van der Waals surface area contributed by atoms with Gasteiger partial charge in [-0.1, -0.05) is 49.8 Å². The van der Waals surface area contributed by atoms with Crippen LogP contribution in [0.25, 0.3) is 0 Å². The van der Waals surface area contributed by atoms with Gasteiger partial charge in [-0.2, -0.15) is 0 Å². The van der Waals surface area contributed by atoms with Crippen molar-refractivity contribution in [1.29, 1.82) is 0 Å². The summed E-state index contributed by atoms with van der Waals surface area (Å²) >= 11 is 1.69. The zero-order valence-corrected chi connectivity index (χ0v) is 16.1. The van der Waals surface area contributed by atoms with Crippen LogP contribution in [0.1, 0.15) is 38.0 Å². The zero-order chi connectivity index (χ0) is 17.4. The summed E-state index contributed by atoms with van der Waals surface area (Å²) in [4.78, 5) is 3.67. The Balaban J connectivity index is 1.51. The van der Waals surface area contributed by atoms with Gasteiger partial charge in [0, 0.05) is 11.4 Å². The van der Waals surface area contributed by atoms with E-state index in [1.165, 1.54) is 0 Å². The van der Waals surface area contributed by atoms with Crippen LogP contribution >= 0.6 is 11.3 Å². The molecule has 3 unspecified atom stereocenters. The third-order valence-corrected chi connectivity index (χ3v) is 7.17. The van der Waals surface area contributed by atoms with E-state index in [-0.39, 0.29) is 0 Å². The Kier molecular flexibility index (Phi) is 4.74. The van der Waals surface area contributed by atoms with Crippen LogP contribution in [-0.4, -0.2) is 29.6 Å². The maximum absolute atomic E-state index is 11.9. The molecule has 3 aliphatic rings. The molecule has 1 fully saturated rings. The molecule has 1 N–H and O–H groups in total. The van der Waals surface area contributed by atoms with E-state index < -0.39 is 5.60 Å². The largest absolute Gasteiger partial charge is 0.379 e. The second-order valence-corrected chi connectivity index (χ2v) is 9.00. The molecule has 1 aliphatic heterocycles. The van der Waals surface area contributed by atoms with Gasteiger partial charge in [0.25, 0.3) is 0 Å². The molecule has 1 saturated heterocycles. The molecular weight excluding hydrogens is 326 g/mol. The first-order valence-electron chi connectivity index (χ1n) is 9.65. The number of thiophene rings is 1. The highest BCUT2D eigenvalue weighted by molar-refractivity contribution is 7.10. The second-order valence-electron chi connectivity index (χ2n) is 8.06. The van der Waals surface area contributed by atoms with Crippen LogP contribution in [0.4, 0.5) is 0 Å². The Bertz CT molecular complexity index is 694. The first kappa shape index (κ1) is 17.3. The predicted octanol–water partition coefficient (Wildman–Crippen LogP) is 4.75. The van der Waals surface area contributed by atoms with E-state index >= 15 is 0 Å². The van der Waals surface area contributed by atoms with Crippen molar-refractivity contribution in [1.82, 2.24) is 4.90 Å². The predicted molar refractivity (Wildman–Crippen MR) is 106 cm³/mol. The molecule has 0 bridgehead atoms. The molecule has 1 aromatic rings. The van der Waals surface area contributed by atoms with Gasteiger partial charge in [0.1, 0.15) is 5.60 Å². The SMILES string of the molecule is CC1C=CC(C(O)(c2cccs2)C2CCN(CC3=CC3C)CC2)=CC1. The lowest BCUT2D eigenvalue weighted by Crippen LogP contribution is -2.44. The number of allylic oxidation sites excluding steroid dienone is 3. The van der Waals surface area contributed by atoms with E-state index in [9.17, 15) is 5.11 Å². The summed E-state index contributed by atoms with van der Waals surface area (Å²) < 4.78 is 0. The lowest BCUT2D eigenvalue weighted by Gasteiger charge is -2.42. The highest BCUT2D eigenvalue weighted by Gasteiger charge is 2.43. The van der Waals surface area contributed by atoms with E-state index in [4.69, 9.17) is 0 Å². The maximum Gasteiger partial charge on any atom is 0.126 e. The highest BCUT2D eigenvalue weighted by Crippen LogP contribution is 2.46. The van der Waals surface area contributed by atoms with Crippen LogP contribution in [0.3, 0.4) is 0 Å². The standard InChI is InChI=1S/C22H29NOS/c1-16-5-7-19(8-6-16)22(24,21-4-3-13-25-21)20-9-11-23(12-10-20)15-18-14-17(18)2/h3-5,7-8,13-14,16-17,20,24H,6,9-12,15H2,1-2H3. The van der Waals surface area contributed by atoms with Crippen molar-refractivity contribution in [2.75, 3.05) is 19.6 Å². The van der Waals surface area contributed by atoms with Crippen molar-refractivity contribution in [2.45, 2.75) is 38.7 Å². The highest BCUT2D eigenvalue weighted by atomic mass is 32.1. The van der Waals surface area contributed by atoms with Crippen LogP contribution in [0.2, 0.25) is 0 Å². The Labute approximate surface area is 155 Å². The molecule has 2 nitrogen and oxygen atoms in total. The molecule has 134 valence electrons. The summed E-state index contributed by atoms with van der Waals surface area (Å²) in [6, 6.07) is 4.18. The lowest BCUT2D eigenvalue weighted by molar-refractivity contribution is -0.0112. The Morgan fingerprint density at radius 2 is 2.04 bits per heavy atom. The minimum Gasteiger partial charge on any atom is -0.379 e. The van der Waals surface area contributed by atoms with E-state index in [1.807, 2.05) is 0 Å². The summed E-state index contributed by atoms with van der Waals surface area (Å²) in [6.07, 6.45) is 12.2. The molecular formula is C22H29NOS. The molecule has 1 aromatic heterocycles. The van der Waals surface area contributed by atoms with Gasteiger partial charge in [0.05, 0.1) is 0 Å². The summed E-state index contributed by atoms with van der Waals surface area (Å²) in [5.74, 6) is 1.60. The van der Waals surface area contributed by atoms with E-state index in [0.29, 0.717) is 11.8 Å². The number of nitrogens with zero attached hydrogens (tertiary/aromatic N) is 1. The lowest BCUT2D eigenvalue weighted by atomic mass is 9.73. The fourth-order valence-electron chi connectivity index (χ4n) is 4.32. The van der Waals surface area contributed by atoms with E-state index in [1.54, 1.807) is 16.9 Å². The molecule has 0 saturated carbocycles. The fraction of sp³-hybridized carbons (Fsp3) is 0.545. The monoisotopic (exact) mass is 355 g/mol. The Hall–Kier alpha value is -1.16. The number of hydrogen-bond acceptors (Lipinski definition) is 3. The first-order chi connectivity index (χ1) is 12.1. The minimum absolute atomic E-state index is 0.303. The van der Waals surface area contributed by atoms with Crippen molar-refractivity contribution in [3.8, 4) is 0 Å². The normalized spacial score (nSPS) is 29.9. The molecule has 0 aromatic carbocycles. The van der Waals surface area contributed by atoms with Crippen LogP contribution in [0.5, 0.6) is 0 Å². The summed E-state index contributed by atoms with van der Waals surface area (Å²) in [5, 5.41) is 14.0. The van der Waals surface area contributed by atoms with Crippen LogP contribution < -0.4 is 0 Å². The van der Waals surface area contributed by atoms with Crippen molar-refractivity contribution in [3.05, 3.63) is 57.8 Å². The molecule has 3 heteroatoms. The van der Waals surface area contributed by atoms with Crippen molar-refractivity contribution in [2.24, 2.45) is 17.8 Å². The van der Waals surface area contributed by atoms with Crippen molar-refractivity contribution < 1.29 is 5.11 Å². The molecule has 2 heterocycles. The van der Waals surface area contributed by atoms with Crippen molar-refractivity contribution in [3.63, 3.8) is 0 Å². The third kappa shape index (κ3) is 3.42. The second kappa shape index (κ2) is 6.86. The summed E-state index contributed by atoms with van der Waals surface area (Å²) in [6.45, 7) is 7.83. The first-order valence-corrected chi connectivity index (χ1v) is 10.5. The van der Waals surface area contributed by atoms with Gasteiger partial charge in [-0.05, 0) is 67.1 Å². The maximum atomic E-state index is 11.9. The van der Waals surface area contributed by atoms with Crippen LogP contribution in [-0.2, 0) is 5.60 Å². The van der Waals surface area contributed by atoms with Gasteiger partial charge < -0.3 is 5.11 Å². The smallest absolute Gasteiger partial charge is 0.126 e. The van der Waals surface area contributed by atoms with Crippen LogP contribution in [0.15, 0.2) is 53.0 Å². The number of piperidine rings is 1. The molecule has 2 aliphatic carbocycles. The average Bonchev–Trinajstić information content (AvgIpc) is 3.09. The van der Waals surface area contributed by atoms with Crippen LogP contribution in [0, 0.1) is 17.8 Å². The molecule has 0 spiro atoms. The Morgan fingerprint density at radius 3 is 2.60 bits per heavy atom. The topological polar surface area (TPSA) is 23.5 Å². The quantitative estimate of drug-likeness (QED) is 0.771. The molecule has 0 radical (unpaired) electrons. The number of likely N-dealkylation sites (tertiary alicyclic amines) is 1. The van der Waals surface area contributed by atoms with Crippen molar-refractivity contribution >= 4 is 11.3 Å². The summed E-state index contributed by atoms with van der Waals surface area (Å²) in [7, 11) is 0. The van der Waals surface area contributed by atoms with Gasteiger partial charge in [-0.25, -0.2) is 0 Å². The van der Waals surface area contributed by atoms with E-state index in [2.05, 4.69) is 60.6 Å². The van der Waals surface area contributed by atoms with Gasteiger partial charge in [0.2, 0.25) is 0 Å². The number of hydrogen-bond donors (Lipinski definition) is 1. The molecule has 25 heavy (non-hydrogen) atoms. The zero-order valence-electron chi connectivity index (χ0n) is 15.3. The number of aliphatic hydroxyl groups is 1. The molecule has 0 amide bonds. The Morgan fingerprint density at radius 1 is 1.28 bits per heavy atom. The van der Waals surface area contributed by atoms with Gasteiger partial charge in [-0.3, -0.25) is 4.90 Å². The van der Waals surface area contributed by atoms with E-state index in [0.717, 1.165) is 55.3 Å². The fourth-order valence-corrected chi connectivity index (χ4v) is 5.25. The van der Waals surface area contributed by atoms with Gasteiger partial charge >= 0.3 is 0 Å². The van der Waals surface area contributed by atoms with Gasteiger partial charge in [-0.15, -0.1) is 11.3 Å². The van der Waals surface area contributed by atoms with Gasteiger partial charge in [0.15, 0.2) is 0 Å².